The van der Waals surface area contributed by atoms with Crippen LogP contribution in [-0.2, 0) is 0 Å². The lowest BCUT2D eigenvalue weighted by molar-refractivity contribution is 1.23. The average Bonchev–Trinajstić information content (AvgIpc) is 3.36. The predicted molar refractivity (Wildman–Crippen MR) is 259 cm³/mol. The van der Waals surface area contributed by atoms with Crippen molar-refractivity contribution in [2.45, 2.75) is 0 Å². The van der Waals surface area contributed by atoms with Crippen molar-refractivity contribution >= 4 is 56.5 Å². The van der Waals surface area contributed by atoms with Gasteiger partial charge in [-0.3, -0.25) is 9.97 Å². The van der Waals surface area contributed by atoms with E-state index in [4.69, 9.17) is 21.4 Å². The predicted octanol–water partition coefficient (Wildman–Crippen LogP) is 14.4. The molecular weight excluding hydrogens is 757 g/mol. The number of fused-ring (bicyclic) bond motifs is 1. The summed E-state index contributed by atoms with van der Waals surface area (Å²) in [6.07, 6.45) is 3.43. The molecule has 0 unspecified atom stereocenters. The molecule has 0 amide bonds. The summed E-state index contributed by atoms with van der Waals surface area (Å²) in [7, 11) is 0. The largest absolute Gasteiger partial charge is 0.395 e. The van der Waals surface area contributed by atoms with Gasteiger partial charge < -0.3 is 21.3 Å². The van der Waals surface area contributed by atoms with E-state index in [1.54, 1.807) is 12.4 Å². The Kier molecular flexibility index (Phi) is 10.1. The van der Waals surface area contributed by atoms with Crippen LogP contribution in [-0.4, -0.2) is 9.97 Å². The van der Waals surface area contributed by atoms with Crippen molar-refractivity contribution in [3.05, 3.63) is 231 Å². The van der Waals surface area contributed by atoms with Crippen LogP contribution in [0.15, 0.2) is 231 Å². The van der Waals surface area contributed by atoms with E-state index in [9.17, 15) is 0 Å². The average molecular weight is 799 g/mol. The molecule has 9 aromatic carbocycles. The highest BCUT2D eigenvalue weighted by atomic mass is 15.2. The van der Waals surface area contributed by atoms with E-state index in [1.807, 2.05) is 24.3 Å². The molecule has 0 bridgehead atoms. The maximum atomic E-state index is 7.40. The highest BCUT2D eigenvalue weighted by Gasteiger charge is 2.29. The van der Waals surface area contributed by atoms with Crippen molar-refractivity contribution in [1.29, 1.82) is 0 Å². The Morgan fingerprint density at radius 2 is 0.468 bits per heavy atom. The van der Waals surface area contributed by atoms with Crippen LogP contribution in [0, 0.1) is 0 Å². The molecule has 1 heterocycles. The molecule has 0 spiro atoms. The third-order valence-electron chi connectivity index (χ3n) is 11.3. The van der Waals surface area contributed by atoms with Crippen LogP contribution in [0.5, 0.6) is 0 Å². The minimum Gasteiger partial charge on any atom is -0.395 e. The Labute approximate surface area is 361 Å². The number of rotatable bonds is 10. The second-order valence-electron chi connectivity index (χ2n) is 15.1. The van der Waals surface area contributed by atoms with Gasteiger partial charge in [0.15, 0.2) is 0 Å². The van der Waals surface area contributed by atoms with Crippen LogP contribution >= 0.6 is 0 Å². The molecule has 6 heteroatoms. The monoisotopic (exact) mass is 798 g/mol. The third kappa shape index (κ3) is 7.27. The molecule has 1 aromatic heterocycles. The van der Waals surface area contributed by atoms with Crippen molar-refractivity contribution in [2.75, 3.05) is 21.3 Å². The van der Waals surface area contributed by atoms with Crippen LogP contribution < -0.4 is 21.3 Å². The van der Waals surface area contributed by atoms with Gasteiger partial charge in [-0.1, -0.05) is 170 Å². The summed E-state index contributed by atoms with van der Waals surface area (Å²) in [6.45, 7) is 0. The van der Waals surface area contributed by atoms with Crippen LogP contribution in [0.4, 0.5) is 45.5 Å². The number of anilines is 8. The van der Waals surface area contributed by atoms with Gasteiger partial charge in [-0.2, -0.15) is 0 Å². The molecule has 0 saturated heterocycles. The molecule has 0 saturated carbocycles. The molecular formula is C56H42N6. The zero-order chi connectivity index (χ0) is 41.8. The number of aromatic nitrogens is 2. The van der Waals surface area contributed by atoms with E-state index in [2.05, 4.69) is 204 Å². The highest BCUT2D eigenvalue weighted by molar-refractivity contribution is 6.14. The topological polar surface area (TPSA) is 84.3 Å². The van der Waals surface area contributed by atoms with Gasteiger partial charge in [-0.05, 0) is 93.0 Å². The van der Waals surface area contributed by atoms with Crippen molar-refractivity contribution in [2.24, 2.45) is 0 Å². The lowest BCUT2D eigenvalue weighted by atomic mass is 10.0. The summed E-state index contributed by atoms with van der Waals surface area (Å²) >= 11 is 0. The summed E-state index contributed by atoms with van der Waals surface area (Å²) in [5, 5.41) is 0. The van der Waals surface area contributed by atoms with E-state index >= 15 is 0 Å². The zero-order valence-electron chi connectivity index (χ0n) is 33.9. The van der Waals surface area contributed by atoms with Gasteiger partial charge in [-0.15, -0.1) is 0 Å². The van der Waals surface area contributed by atoms with Crippen molar-refractivity contribution in [1.82, 2.24) is 9.97 Å². The fourth-order valence-electron chi connectivity index (χ4n) is 8.20. The Morgan fingerprint density at radius 3 is 0.694 bits per heavy atom. The number of nitrogens with two attached hydrogens (primary N) is 2. The van der Waals surface area contributed by atoms with Crippen molar-refractivity contribution in [3.63, 3.8) is 0 Å². The summed E-state index contributed by atoms with van der Waals surface area (Å²) in [4.78, 5) is 14.4. The summed E-state index contributed by atoms with van der Waals surface area (Å²) in [5.74, 6) is 0. The minimum absolute atomic E-state index is 0.388. The van der Waals surface area contributed by atoms with Crippen LogP contribution in [0.1, 0.15) is 0 Å². The second-order valence-corrected chi connectivity index (χ2v) is 15.1. The number of hydrogen-bond acceptors (Lipinski definition) is 6. The van der Waals surface area contributed by atoms with Crippen LogP contribution in [0.3, 0.4) is 0 Å². The highest BCUT2D eigenvalue weighted by Crippen LogP contribution is 2.52. The van der Waals surface area contributed by atoms with Crippen LogP contribution in [0.25, 0.3) is 55.5 Å². The molecule has 10 aromatic rings. The van der Waals surface area contributed by atoms with Gasteiger partial charge >= 0.3 is 0 Å². The molecule has 0 atom stereocenters. The lowest BCUT2D eigenvalue weighted by Gasteiger charge is -2.32. The first kappa shape index (κ1) is 37.8. The first-order valence-corrected chi connectivity index (χ1v) is 20.6. The second kappa shape index (κ2) is 16.6. The molecule has 6 nitrogen and oxygen atoms in total. The number of nitrogen functional groups attached to an aromatic ring is 2. The first-order valence-electron chi connectivity index (χ1n) is 20.6. The maximum absolute atomic E-state index is 7.40. The molecule has 0 radical (unpaired) electrons. The van der Waals surface area contributed by atoms with E-state index in [1.165, 1.54) is 0 Å². The van der Waals surface area contributed by atoms with E-state index in [-0.39, 0.29) is 0 Å². The molecule has 4 N–H and O–H groups in total. The van der Waals surface area contributed by atoms with E-state index in [0.29, 0.717) is 33.8 Å². The SMILES string of the molecule is Nc1c(N)c(N(c2ccc(-c3ccccc3)cc2)c2ccc(-c3ccccc3)cc2)c2nccnc2c1N(c1ccc(-c2ccccc2)cc1)c1ccc(-c2ccccc2)cc1. The quantitative estimate of drug-likeness (QED) is 0.134. The molecule has 296 valence electrons. The Hall–Kier alpha value is -8.48. The summed E-state index contributed by atoms with van der Waals surface area (Å²) < 4.78 is 0. The van der Waals surface area contributed by atoms with Crippen molar-refractivity contribution in [3.8, 4) is 44.5 Å². The van der Waals surface area contributed by atoms with Gasteiger partial charge in [0, 0.05) is 35.1 Å². The Morgan fingerprint density at radius 1 is 0.258 bits per heavy atom. The van der Waals surface area contributed by atoms with Gasteiger partial charge in [0.25, 0.3) is 0 Å². The van der Waals surface area contributed by atoms with Crippen molar-refractivity contribution < 1.29 is 0 Å². The van der Waals surface area contributed by atoms with Gasteiger partial charge in [0.1, 0.15) is 11.0 Å². The Bertz CT molecular complexity index is 2710. The molecule has 0 aliphatic rings. The number of benzene rings is 9. The third-order valence-corrected chi connectivity index (χ3v) is 11.3. The Balaban J connectivity index is 1.16. The fraction of sp³-hybridized carbons (Fsp3) is 0. The van der Waals surface area contributed by atoms with E-state index < -0.39 is 0 Å². The normalized spacial score (nSPS) is 11.0. The lowest BCUT2D eigenvalue weighted by Crippen LogP contribution is -2.18. The maximum Gasteiger partial charge on any atom is 0.117 e. The van der Waals surface area contributed by atoms with Gasteiger partial charge in [-0.25, -0.2) is 0 Å². The number of nitrogens with zero attached hydrogens (tertiary/aromatic N) is 4. The summed E-state index contributed by atoms with van der Waals surface area (Å²) in [6, 6.07) is 75.5. The standard InChI is InChI=1S/C56H42N6/c57-51-52(58)56(62(49-33-25-45(26-34-49)41-17-9-3-10-18-41)50-35-27-46(28-36-50)42-19-11-4-12-20-42)54-53(59-37-38-60-54)55(51)61(47-29-21-43(22-30-47)39-13-5-1-6-14-39)48-31-23-44(24-32-48)40-15-7-2-8-16-40/h1-38H,57-58H2. The fourth-order valence-corrected chi connectivity index (χ4v) is 8.20. The molecule has 62 heavy (non-hydrogen) atoms. The molecule has 0 aliphatic heterocycles. The minimum atomic E-state index is 0.388. The van der Waals surface area contributed by atoms with Gasteiger partial charge in [0.2, 0.25) is 0 Å². The van der Waals surface area contributed by atoms with Gasteiger partial charge in [0.05, 0.1) is 22.7 Å². The number of hydrogen-bond donors (Lipinski definition) is 2. The first-order chi connectivity index (χ1) is 30.6. The smallest absolute Gasteiger partial charge is 0.117 e. The summed E-state index contributed by atoms with van der Waals surface area (Å²) in [5.41, 5.74) is 30.6. The molecule has 0 fully saturated rings. The molecule has 0 aliphatic carbocycles. The van der Waals surface area contributed by atoms with E-state index in [0.717, 1.165) is 67.3 Å². The molecule has 10 rings (SSSR count). The van der Waals surface area contributed by atoms with Crippen LogP contribution in [0.2, 0.25) is 0 Å². The zero-order valence-corrected chi connectivity index (χ0v) is 33.9.